The quantitative estimate of drug-likeness (QED) is 0.328. The SMILES string of the molecule is O=C(O)C(CS)NC(=O)C(Cc1ccccc1)NC(=O)C1CCCN1C(=O)C1CCCN1. The van der Waals surface area contributed by atoms with E-state index in [9.17, 15) is 24.3 Å². The second-order valence-electron chi connectivity index (χ2n) is 8.17. The molecule has 4 unspecified atom stereocenters. The van der Waals surface area contributed by atoms with Crippen molar-refractivity contribution in [1.82, 2.24) is 20.9 Å². The monoisotopic (exact) mass is 462 g/mol. The molecule has 0 aliphatic carbocycles. The molecule has 0 spiro atoms. The van der Waals surface area contributed by atoms with Crippen molar-refractivity contribution in [3.63, 3.8) is 0 Å². The second kappa shape index (κ2) is 11.3. The van der Waals surface area contributed by atoms with Gasteiger partial charge in [0.15, 0.2) is 0 Å². The molecule has 2 aliphatic rings. The molecule has 1 aromatic carbocycles. The lowest BCUT2D eigenvalue weighted by atomic mass is 10.0. The fourth-order valence-electron chi connectivity index (χ4n) is 4.18. The lowest BCUT2D eigenvalue weighted by Gasteiger charge is -2.28. The number of carboxylic acids is 1. The van der Waals surface area contributed by atoms with Crippen LogP contribution in [0.3, 0.4) is 0 Å². The van der Waals surface area contributed by atoms with Crippen molar-refractivity contribution in [2.24, 2.45) is 0 Å². The minimum atomic E-state index is -1.20. The van der Waals surface area contributed by atoms with Gasteiger partial charge < -0.3 is 26.0 Å². The van der Waals surface area contributed by atoms with Crippen molar-refractivity contribution in [2.75, 3.05) is 18.8 Å². The molecule has 9 nitrogen and oxygen atoms in total. The Morgan fingerprint density at radius 2 is 1.84 bits per heavy atom. The molecule has 4 atom stereocenters. The standard InChI is InChI=1S/C22H30N4O5S/c27-19(25-17(13-32)22(30)31)16(12-14-6-2-1-3-7-14)24-20(28)18-9-5-11-26(18)21(29)15-8-4-10-23-15/h1-3,6-7,15-18,23,32H,4-5,8-13H2,(H,24,28)(H,25,27)(H,30,31). The van der Waals surface area contributed by atoms with Crippen molar-refractivity contribution >= 4 is 36.3 Å². The Hall–Kier alpha value is -2.59. The molecule has 2 saturated heterocycles. The fraction of sp³-hybridized carbons (Fsp3) is 0.545. The summed E-state index contributed by atoms with van der Waals surface area (Å²) in [6, 6.07) is 6.10. The summed E-state index contributed by atoms with van der Waals surface area (Å²) in [6.45, 7) is 1.29. The number of thiol groups is 1. The summed E-state index contributed by atoms with van der Waals surface area (Å²) in [5.41, 5.74) is 0.820. The number of likely N-dealkylation sites (tertiary alicyclic amines) is 1. The Morgan fingerprint density at radius 1 is 1.09 bits per heavy atom. The van der Waals surface area contributed by atoms with Crippen LogP contribution >= 0.6 is 12.6 Å². The van der Waals surface area contributed by atoms with Gasteiger partial charge in [-0.15, -0.1) is 0 Å². The summed E-state index contributed by atoms with van der Waals surface area (Å²) in [5.74, 6) is -2.36. The predicted molar refractivity (Wildman–Crippen MR) is 121 cm³/mol. The molecule has 3 rings (SSSR count). The molecule has 1 aromatic rings. The molecular formula is C22H30N4O5S. The van der Waals surface area contributed by atoms with E-state index in [2.05, 4.69) is 28.6 Å². The highest BCUT2D eigenvalue weighted by atomic mass is 32.1. The number of carbonyl (C=O) groups is 4. The molecule has 0 bridgehead atoms. The minimum absolute atomic E-state index is 0.0770. The highest BCUT2D eigenvalue weighted by molar-refractivity contribution is 7.80. The number of aliphatic carboxylic acids is 1. The van der Waals surface area contributed by atoms with Gasteiger partial charge in [0.2, 0.25) is 17.7 Å². The van der Waals surface area contributed by atoms with Gasteiger partial charge in [-0.1, -0.05) is 30.3 Å². The van der Waals surface area contributed by atoms with Crippen LogP contribution in [-0.4, -0.2) is 76.7 Å². The first-order chi connectivity index (χ1) is 15.4. The van der Waals surface area contributed by atoms with E-state index < -0.39 is 35.9 Å². The van der Waals surface area contributed by atoms with Crippen molar-refractivity contribution in [2.45, 2.75) is 56.3 Å². The molecule has 0 aromatic heterocycles. The van der Waals surface area contributed by atoms with Gasteiger partial charge in [-0.05, 0) is 37.8 Å². The van der Waals surface area contributed by atoms with Gasteiger partial charge in [-0.25, -0.2) is 4.79 Å². The largest absolute Gasteiger partial charge is 0.480 e. The summed E-state index contributed by atoms with van der Waals surface area (Å²) in [5, 5.41) is 17.6. The van der Waals surface area contributed by atoms with Crippen LogP contribution in [0.15, 0.2) is 30.3 Å². The Morgan fingerprint density at radius 3 is 2.47 bits per heavy atom. The van der Waals surface area contributed by atoms with Crippen LogP contribution in [0.2, 0.25) is 0 Å². The molecule has 10 heteroatoms. The van der Waals surface area contributed by atoms with Crippen LogP contribution in [0.5, 0.6) is 0 Å². The fourth-order valence-corrected chi connectivity index (χ4v) is 4.43. The molecular weight excluding hydrogens is 432 g/mol. The van der Waals surface area contributed by atoms with Crippen LogP contribution in [0.25, 0.3) is 0 Å². The zero-order valence-electron chi connectivity index (χ0n) is 17.8. The first kappa shape index (κ1) is 24.1. The van der Waals surface area contributed by atoms with Crippen molar-refractivity contribution in [3.05, 3.63) is 35.9 Å². The van der Waals surface area contributed by atoms with E-state index >= 15 is 0 Å². The molecule has 2 heterocycles. The summed E-state index contributed by atoms with van der Waals surface area (Å²) in [7, 11) is 0. The van der Waals surface area contributed by atoms with E-state index in [0.717, 1.165) is 24.9 Å². The molecule has 32 heavy (non-hydrogen) atoms. The molecule has 174 valence electrons. The van der Waals surface area contributed by atoms with E-state index in [1.807, 2.05) is 30.3 Å². The molecule has 0 radical (unpaired) electrons. The van der Waals surface area contributed by atoms with Crippen LogP contribution < -0.4 is 16.0 Å². The molecule has 2 aliphatic heterocycles. The van der Waals surface area contributed by atoms with Crippen molar-refractivity contribution in [1.29, 1.82) is 0 Å². The van der Waals surface area contributed by atoms with Crippen LogP contribution in [0, 0.1) is 0 Å². The number of amides is 3. The topological polar surface area (TPSA) is 128 Å². The number of nitrogens with one attached hydrogen (secondary N) is 3. The van der Waals surface area contributed by atoms with Gasteiger partial charge in [0.25, 0.3) is 0 Å². The van der Waals surface area contributed by atoms with Gasteiger partial charge in [-0.2, -0.15) is 12.6 Å². The first-order valence-corrected chi connectivity index (χ1v) is 11.6. The maximum atomic E-state index is 13.1. The van der Waals surface area contributed by atoms with Crippen LogP contribution in [0.4, 0.5) is 0 Å². The number of hydrogen-bond acceptors (Lipinski definition) is 6. The van der Waals surface area contributed by atoms with E-state index in [1.165, 1.54) is 0 Å². The van der Waals surface area contributed by atoms with Crippen LogP contribution in [0.1, 0.15) is 31.2 Å². The summed E-state index contributed by atoms with van der Waals surface area (Å²) in [6.07, 6.45) is 3.12. The number of benzene rings is 1. The van der Waals surface area contributed by atoms with Gasteiger partial charge in [-0.3, -0.25) is 14.4 Å². The minimum Gasteiger partial charge on any atom is -0.480 e. The Bertz CT molecular complexity index is 831. The zero-order valence-corrected chi connectivity index (χ0v) is 18.7. The third-order valence-electron chi connectivity index (χ3n) is 5.91. The van der Waals surface area contributed by atoms with E-state index in [4.69, 9.17) is 0 Å². The normalized spacial score (nSPS) is 22.2. The molecule has 2 fully saturated rings. The van der Waals surface area contributed by atoms with Gasteiger partial charge in [0.1, 0.15) is 18.1 Å². The Balaban J connectivity index is 1.72. The Labute approximate surface area is 192 Å². The third-order valence-corrected chi connectivity index (χ3v) is 6.27. The van der Waals surface area contributed by atoms with E-state index in [1.54, 1.807) is 4.90 Å². The predicted octanol–water partition coefficient (Wildman–Crippen LogP) is -0.0439. The van der Waals surface area contributed by atoms with Crippen molar-refractivity contribution < 1.29 is 24.3 Å². The van der Waals surface area contributed by atoms with Gasteiger partial charge >= 0.3 is 5.97 Å². The second-order valence-corrected chi connectivity index (χ2v) is 8.54. The maximum Gasteiger partial charge on any atom is 0.327 e. The maximum absolute atomic E-state index is 13.1. The summed E-state index contributed by atoms with van der Waals surface area (Å²) in [4.78, 5) is 51.8. The summed E-state index contributed by atoms with van der Waals surface area (Å²) >= 11 is 3.98. The average molecular weight is 463 g/mol. The molecule has 3 amide bonds. The average Bonchev–Trinajstić information content (AvgIpc) is 3.49. The lowest BCUT2D eigenvalue weighted by molar-refractivity contribution is -0.142. The number of carbonyl (C=O) groups excluding carboxylic acids is 3. The smallest absolute Gasteiger partial charge is 0.327 e. The number of carboxylic acid groups (broad SMARTS) is 1. The van der Waals surface area contributed by atoms with Gasteiger partial charge in [0.05, 0.1) is 6.04 Å². The van der Waals surface area contributed by atoms with Crippen molar-refractivity contribution in [3.8, 4) is 0 Å². The summed E-state index contributed by atoms with van der Waals surface area (Å²) < 4.78 is 0. The number of nitrogens with zero attached hydrogens (tertiary/aromatic N) is 1. The Kier molecular flexibility index (Phi) is 8.52. The van der Waals surface area contributed by atoms with Crippen LogP contribution in [-0.2, 0) is 25.6 Å². The first-order valence-electron chi connectivity index (χ1n) is 10.9. The number of hydrogen-bond donors (Lipinski definition) is 5. The molecule has 0 saturated carbocycles. The third kappa shape index (κ3) is 6.01. The van der Waals surface area contributed by atoms with E-state index in [0.29, 0.717) is 19.4 Å². The molecule has 4 N–H and O–H groups in total. The van der Waals surface area contributed by atoms with Gasteiger partial charge in [0, 0.05) is 18.7 Å². The zero-order chi connectivity index (χ0) is 23.1. The highest BCUT2D eigenvalue weighted by Crippen LogP contribution is 2.21. The number of rotatable bonds is 9. The highest BCUT2D eigenvalue weighted by Gasteiger charge is 2.39. The lowest BCUT2D eigenvalue weighted by Crippen LogP contribution is -2.57. The van der Waals surface area contributed by atoms with E-state index in [-0.39, 0.29) is 24.1 Å².